The van der Waals surface area contributed by atoms with Crippen molar-refractivity contribution in [1.82, 2.24) is 5.32 Å². The predicted octanol–water partition coefficient (Wildman–Crippen LogP) is 0.854. The summed E-state index contributed by atoms with van der Waals surface area (Å²) in [7, 11) is 1.57. The molecule has 96 valence electrons. The Hall–Kier alpha value is -0.260. The molecular weight excluding hydrogens is 224 g/mol. The van der Waals surface area contributed by atoms with Crippen LogP contribution in [-0.4, -0.2) is 43.2 Å². The highest BCUT2D eigenvalue weighted by atomic mass is 32.2. The number of hydrogen-bond acceptors (Lipinski definition) is 4. The summed E-state index contributed by atoms with van der Waals surface area (Å²) in [6.45, 7) is 6.78. The molecule has 0 heterocycles. The van der Waals surface area contributed by atoms with Gasteiger partial charge in [0.05, 0.1) is 6.61 Å². The van der Waals surface area contributed by atoms with Crippen LogP contribution < -0.4 is 11.1 Å². The number of carbonyl (C=O) groups is 1. The Morgan fingerprint density at radius 2 is 2.00 bits per heavy atom. The number of rotatable bonds is 9. The standard InChI is InChI=1S/C11H24N2O2S/c1-8(2)6-16-7-9(3)13-10(5-15-4)11(12)14/h8-10,13H,5-7H2,1-4H3,(H2,12,14). The second-order valence-corrected chi connectivity index (χ2v) is 5.48. The highest BCUT2D eigenvalue weighted by Gasteiger charge is 2.17. The molecule has 0 bridgehead atoms. The van der Waals surface area contributed by atoms with Gasteiger partial charge in [0.1, 0.15) is 6.04 Å². The lowest BCUT2D eigenvalue weighted by atomic mass is 10.2. The SMILES string of the molecule is COCC(NC(C)CSCC(C)C)C(N)=O. The summed E-state index contributed by atoms with van der Waals surface area (Å²) in [5, 5.41) is 3.17. The van der Waals surface area contributed by atoms with Gasteiger partial charge < -0.3 is 15.8 Å². The molecule has 0 fully saturated rings. The maximum absolute atomic E-state index is 11.1. The van der Waals surface area contributed by atoms with Gasteiger partial charge in [-0.05, 0) is 18.6 Å². The molecule has 0 aliphatic rings. The molecule has 1 amide bonds. The number of methoxy groups -OCH3 is 1. The molecule has 0 aromatic heterocycles. The van der Waals surface area contributed by atoms with Crippen LogP contribution in [0.25, 0.3) is 0 Å². The number of hydrogen-bond donors (Lipinski definition) is 2. The molecule has 0 aromatic rings. The van der Waals surface area contributed by atoms with Crippen molar-refractivity contribution < 1.29 is 9.53 Å². The average Bonchev–Trinajstić information content (AvgIpc) is 2.16. The van der Waals surface area contributed by atoms with Gasteiger partial charge >= 0.3 is 0 Å². The Morgan fingerprint density at radius 3 is 2.44 bits per heavy atom. The van der Waals surface area contributed by atoms with E-state index >= 15 is 0 Å². The van der Waals surface area contributed by atoms with Gasteiger partial charge in [-0.15, -0.1) is 0 Å². The number of carbonyl (C=O) groups excluding carboxylic acids is 1. The first-order chi connectivity index (χ1) is 7.47. The summed E-state index contributed by atoms with van der Waals surface area (Å²) in [4.78, 5) is 11.1. The van der Waals surface area contributed by atoms with Crippen molar-refractivity contribution >= 4 is 17.7 Å². The number of ether oxygens (including phenoxy) is 1. The molecule has 0 radical (unpaired) electrons. The van der Waals surface area contributed by atoms with Gasteiger partial charge in [-0.3, -0.25) is 4.79 Å². The number of primary amides is 1. The van der Waals surface area contributed by atoms with Crippen molar-refractivity contribution in [3.05, 3.63) is 0 Å². The molecule has 5 heteroatoms. The monoisotopic (exact) mass is 248 g/mol. The van der Waals surface area contributed by atoms with Crippen LogP contribution in [0, 0.1) is 5.92 Å². The summed E-state index contributed by atoms with van der Waals surface area (Å²) in [5.74, 6) is 2.45. The van der Waals surface area contributed by atoms with Crippen molar-refractivity contribution in [2.75, 3.05) is 25.2 Å². The van der Waals surface area contributed by atoms with Crippen LogP contribution in [0.5, 0.6) is 0 Å². The van der Waals surface area contributed by atoms with Gasteiger partial charge in [-0.1, -0.05) is 13.8 Å². The van der Waals surface area contributed by atoms with Crippen molar-refractivity contribution in [2.24, 2.45) is 11.7 Å². The molecule has 2 atom stereocenters. The predicted molar refractivity (Wildman–Crippen MR) is 69.6 cm³/mol. The zero-order chi connectivity index (χ0) is 12.6. The highest BCUT2D eigenvalue weighted by Crippen LogP contribution is 2.09. The third-order valence-corrected chi connectivity index (χ3v) is 3.62. The fourth-order valence-corrected chi connectivity index (χ4v) is 2.31. The molecule has 4 nitrogen and oxygen atoms in total. The largest absolute Gasteiger partial charge is 0.383 e. The van der Waals surface area contributed by atoms with Crippen LogP contribution in [0.1, 0.15) is 20.8 Å². The van der Waals surface area contributed by atoms with Crippen molar-refractivity contribution in [3.8, 4) is 0 Å². The Bertz CT molecular complexity index is 200. The van der Waals surface area contributed by atoms with E-state index < -0.39 is 0 Å². The van der Waals surface area contributed by atoms with Crippen LogP contribution in [0.4, 0.5) is 0 Å². The van der Waals surface area contributed by atoms with Gasteiger partial charge in [-0.2, -0.15) is 11.8 Å². The molecule has 0 aliphatic carbocycles. The third-order valence-electron chi connectivity index (χ3n) is 1.98. The lowest BCUT2D eigenvalue weighted by Crippen LogP contribution is -2.48. The Kier molecular flexibility index (Phi) is 8.70. The van der Waals surface area contributed by atoms with Gasteiger partial charge in [0, 0.05) is 18.9 Å². The number of thioether (sulfide) groups is 1. The van der Waals surface area contributed by atoms with E-state index in [1.807, 2.05) is 11.8 Å². The first-order valence-corrected chi connectivity index (χ1v) is 6.74. The van der Waals surface area contributed by atoms with E-state index in [0.29, 0.717) is 12.5 Å². The molecule has 2 unspecified atom stereocenters. The third kappa shape index (κ3) is 7.96. The minimum absolute atomic E-state index is 0.261. The Labute approximate surface area is 103 Å². The van der Waals surface area contributed by atoms with E-state index in [9.17, 15) is 4.79 Å². The molecule has 0 saturated heterocycles. The summed E-state index contributed by atoms with van der Waals surface area (Å²) < 4.78 is 4.94. The van der Waals surface area contributed by atoms with E-state index in [4.69, 9.17) is 10.5 Å². The molecular formula is C11H24N2O2S. The van der Waals surface area contributed by atoms with Gasteiger partial charge in [0.15, 0.2) is 0 Å². The van der Waals surface area contributed by atoms with Crippen LogP contribution in [-0.2, 0) is 9.53 Å². The lowest BCUT2D eigenvalue weighted by molar-refractivity contribution is -0.121. The topological polar surface area (TPSA) is 64.3 Å². The first-order valence-electron chi connectivity index (χ1n) is 5.59. The molecule has 3 N–H and O–H groups in total. The van der Waals surface area contributed by atoms with E-state index in [2.05, 4.69) is 26.1 Å². The summed E-state index contributed by atoms with van der Waals surface area (Å²) in [6, 6.07) is -0.129. The van der Waals surface area contributed by atoms with Crippen LogP contribution in [0.3, 0.4) is 0 Å². The fraction of sp³-hybridized carbons (Fsp3) is 0.909. The van der Waals surface area contributed by atoms with E-state index in [0.717, 1.165) is 11.5 Å². The van der Waals surface area contributed by atoms with Gasteiger partial charge in [-0.25, -0.2) is 0 Å². The Morgan fingerprint density at radius 1 is 1.38 bits per heavy atom. The highest BCUT2D eigenvalue weighted by molar-refractivity contribution is 7.99. The molecule has 0 saturated carbocycles. The van der Waals surface area contributed by atoms with Crippen LogP contribution in [0.2, 0.25) is 0 Å². The number of nitrogens with one attached hydrogen (secondary N) is 1. The maximum Gasteiger partial charge on any atom is 0.236 e. The van der Waals surface area contributed by atoms with Gasteiger partial charge in [0.2, 0.25) is 5.91 Å². The second kappa shape index (κ2) is 8.84. The van der Waals surface area contributed by atoms with Crippen LogP contribution >= 0.6 is 11.8 Å². The summed E-state index contributed by atoms with van der Waals surface area (Å²) >= 11 is 1.89. The fourth-order valence-electron chi connectivity index (χ4n) is 1.25. The molecule has 16 heavy (non-hydrogen) atoms. The minimum atomic E-state index is -0.389. The molecule has 0 aliphatic heterocycles. The van der Waals surface area contributed by atoms with Gasteiger partial charge in [0.25, 0.3) is 0 Å². The zero-order valence-electron chi connectivity index (χ0n) is 10.7. The smallest absolute Gasteiger partial charge is 0.236 e. The van der Waals surface area contributed by atoms with E-state index in [-0.39, 0.29) is 18.0 Å². The lowest BCUT2D eigenvalue weighted by Gasteiger charge is -2.20. The molecule has 0 rings (SSSR count). The quantitative estimate of drug-likeness (QED) is 0.635. The minimum Gasteiger partial charge on any atom is -0.383 e. The maximum atomic E-state index is 11.1. The zero-order valence-corrected chi connectivity index (χ0v) is 11.5. The van der Waals surface area contributed by atoms with E-state index in [1.165, 1.54) is 0 Å². The van der Waals surface area contributed by atoms with Crippen molar-refractivity contribution in [1.29, 1.82) is 0 Å². The van der Waals surface area contributed by atoms with Crippen LogP contribution in [0.15, 0.2) is 0 Å². The summed E-state index contributed by atoms with van der Waals surface area (Å²) in [6.07, 6.45) is 0. The number of nitrogens with two attached hydrogens (primary N) is 1. The second-order valence-electron chi connectivity index (χ2n) is 4.41. The Balaban J connectivity index is 3.81. The first kappa shape index (κ1) is 15.7. The molecule has 0 aromatic carbocycles. The summed E-state index contributed by atoms with van der Waals surface area (Å²) in [5.41, 5.74) is 5.26. The molecule has 0 spiro atoms. The van der Waals surface area contributed by atoms with Crippen molar-refractivity contribution in [2.45, 2.75) is 32.9 Å². The number of amides is 1. The van der Waals surface area contributed by atoms with E-state index in [1.54, 1.807) is 7.11 Å². The average molecular weight is 248 g/mol. The normalized spacial score (nSPS) is 15.1. The van der Waals surface area contributed by atoms with Crippen molar-refractivity contribution in [3.63, 3.8) is 0 Å².